The zero-order chi connectivity index (χ0) is 31.2. The summed E-state index contributed by atoms with van der Waals surface area (Å²) in [6, 6.07) is 14.0. The van der Waals surface area contributed by atoms with Crippen molar-refractivity contribution in [3.63, 3.8) is 0 Å². The zero-order valence-corrected chi connectivity index (χ0v) is 25.4. The Hall–Kier alpha value is -3.28. The maximum absolute atomic E-state index is 13.9. The van der Waals surface area contributed by atoms with Crippen molar-refractivity contribution in [2.24, 2.45) is 0 Å². The van der Waals surface area contributed by atoms with Crippen LogP contribution in [0.3, 0.4) is 0 Å². The summed E-state index contributed by atoms with van der Waals surface area (Å²) < 4.78 is 68.8. The van der Waals surface area contributed by atoms with Gasteiger partial charge in [0.15, 0.2) is 0 Å². The fourth-order valence-electron chi connectivity index (χ4n) is 3.99. The van der Waals surface area contributed by atoms with E-state index in [1.165, 1.54) is 31.2 Å². The molecule has 0 aromatic heterocycles. The smallest absolute Gasteiger partial charge is 0.352 e. The SMILES string of the molecule is CCC(C)NC(=O)C(C)N(Cc1c(Cl)cccc1Cl)C(=O)CN(c1cccc(C(F)(F)F)c1)S(=O)(=O)c1ccccc1. The highest BCUT2D eigenvalue weighted by molar-refractivity contribution is 7.92. The summed E-state index contributed by atoms with van der Waals surface area (Å²) in [7, 11) is -4.54. The van der Waals surface area contributed by atoms with E-state index in [1.54, 1.807) is 31.2 Å². The maximum atomic E-state index is 13.9. The van der Waals surface area contributed by atoms with Gasteiger partial charge in [-0.15, -0.1) is 0 Å². The number of hydrogen-bond acceptors (Lipinski definition) is 4. The van der Waals surface area contributed by atoms with E-state index < -0.39 is 46.2 Å². The Morgan fingerprint density at radius 3 is 2.10 bits per heavy atom. The second-order valence-corrected chi connectivity index (χ2v) is 12.3. The fourth-order valence-corrected chi connectivity index (χ4v) is 5.93. The Labute approximate surface area is 253 Å². The predicted octanol–water partition coefficient (Wildman–Crippen LogP) is 6.54. The van der Waals surface area contributed by atoms with Crippen LogP contribution in [0.25, 0.3) is 0 Å². The molecule has 2 unspecified atom stereocenters. The first-order valence-electron chi connectivity index (χ1n) is 12.9. The van der Waals surface area contributed by atoms with Crippen LogP contribution >= 0.6 is 23.2 Å². The highest BCUT2D eigenvalue weighted by atomic mass is 35.5. The molecule has 0 radical (unpaired) electrons. The summed E-state index contributed by atoms with van der Waals surface area (Å²) in [5.74, 6) is -1.38. The summed E-state index contributed by atoms with van der Waals surface area (Å²) in [6.07, 6.45) is -4.15. The molecule has 1 N–H and O–H groups in total. The predicted molar refractivity (Wildman–Crippen MR) is 157 cm³/mol. The van der Waals surface area contributed by atoms with E-state index in [1.807, 2.05) is 6.92 Å². The second-order valence-electron chi connectivity index (χ2n) is 9.59. The summed E-state index contributed by atoms with van der Waals surface area (Å²) in [5.41, 5.74) is -1.16. The van der Waals surface area contributed by atoms with Crippen LogP contribution < -0.4 is 9.62 Å². The molecular formula is C29H30Cl2F3N3O4S. The average Bonchev–Trinajstić information content (AvgIpc) is 2.95. The number of carbonyl (C=O) groups excluding carboxylic acids is 2. The highest BCUT2D eigenvalue weighted by Crippen LogP contribution is 2.34. The average molecular weight is 645 g/mol. The van der Waals surface area contributed by atoms with Gasteiger partial charge in [-0.25, -0.2) is 8.42 Å². The van der Waals surface area contributed by atoms with Crippen LogP contribution in [-0.2, 0) is 32.3 Å². The number of hydrogen-bond donors (Lipinski definition) is 1. The summed E-state index contributed by atoms with van der Waals surface area (Å²) in [4.78, 5) is 27.9. The van der Waals surface area contributed by atoms with E-state index in [4.69, 9.17) is 23.2 Å². The van der Waals surface area contributed by atoms with Crippen LogP contribution in [0.15, 0.2) is 77.7 Å². The lowest BCUT2D eigenvalue weighted by molar-refractivity contribution is -0.139. The van der Waals surface area contributed by atoms with Gasteiger partial charge in [-0.3, -0.25) is 13.9 Å². The minimum absolute atomic E-state index is 0.210. The first-order valence-corrected chi connectivity index (χ1v) is 15.1. The van der Waals surface area contributed by atoms with Crippen LogP contribution in [-0.4, -0.2) is 43.8 Å². The molecule has 3 aromatic rings. The molecule has 0 saturated heterocycles. The molecule has 42 heavy (non-hydrogen) atoms. The number of rotatable bonds is 11. The topological polar surface area (TPSA) is 86.8 Å². The molecule has 2 atom stereocenters. The lowest BCUT2D eigenvalue weighted by Crippen LogP contribution is -2.52. The van der Waals surface area contributed by atoms with Gasteiger partial charge in [0.1, 0.15) is 12.6 Å². The molecule has 0 aliphatic heterocycles. The third kappa shape index (κ3) is 7.96. The normalized spacial score (nSPS) is 13.2. The second kappa shape index (κ2) is 13.8. The number of nitrogens with one attached hydrogen (secondary N) is 1. The van der Waals surface area contributed by atoms with Crippen LogP contribution in [0.2, 0.25) is 10.0 Å². The monoisotopic (exact) mass is 643 g/mol. The number of nitrogens with zero attached hydrogens (tertiary/aromatic N) is 2. The molecule has 7 nitrogen and oxygen atoms in total. The van der Waals surface area contributed by atoms with Gasteiger partial charge in [0.25, 0.3) is 10.0 Å². The quantitative estimate of drug-likeness (QED) is 0.257. The molecule has 0 bridgehead atoms. The Morgan fingerprint density at radius 2 is 1.52 bits per heavy atom. The van der Waals surface area contributed by atoms with Gasteiger partial charge in [0, 0.05) is 28.2 Å². The van der Waals surface area contributed by atoms with E-state index in [0.717, 1.165) is 23.1 Å². The van der Waals surface area contributed by atoms with E-state index in [9.17, 15) is 31.2 Å². The largest absolute Gasteiger partial charge is 0.416 e. The third-order valence-corrected chi connectivity index (χ3v) is 9.13. The molecule has 0 fully saturated rings. The summed E-state index contributed by atoms with van der Waals surface area (Å²) >= 11 is 12.7. The Morgan fingerprint density at radius 1 is 0.929 bits per heavy atom. The molecule has 2 amide bonds. The summed E-state index contributed by atoms with van der Waals surface area (Å²) in [5, 5.41) is 3.21. The summed E-state index contributed by atoms with van der Waals surface area (Å²) in [6.45, 7) is 3.92. The Kier molecular flexibility index (Phi) is 10.9. The standard InChI is InChI=1S/C29H30Cl2F3N3O4S/c1-4-19(2)35-28(39)20(3)36(17-24-25(30)14-9-15-26(24)31)27(38)18-37(42(40,41)23-12-6-5-7-13-23)22-11-8-10-21(16-22)29(32,33)34/h5-16,19-20H,4,17-18H2,1-3H3,(H,35,39). The van der Waals surface area contributed by atoms with Gasteiger partial charge in [-0.1, -0.05) is 60.5 Å². The van der Waals surface area contributed by atoms with Crippen molar-refractivity contribution < 1.29 is 31.2 Å². The van der Waals surface area contributed by atoms with Crippen molar-refractivity contribution in [2.45, 2.75) is 56.9 Å². The van der Waals surface area contributed by atoms with E-state index in [2.05, 4.69) is 5.32 Å². The first-order chi connectivity index (χ1) is 19.7. The van der Waals surface area contributed by atoms with E-state index >= 15 is 0 Å². The van der Waals surface area contributed by atoms with Gasteiger partial charge < -0.3 is 10.2 Å². The molecular weight excluding hydrogens is 614 g/mol. The number of alkyl halides is 3. The van der Waals surface area contributed by atoms with E-state index in [-0.39, 0.29) is 33.2 Å². The van der Waals surface area contributed by atoms with Crippen molar-refractivity contribution in [1.29, 1.82) is 0 Å². The molecule has 226 valence electrons. The number of sulfonamides is 1. The van der Waals surface area contributed by atoms with Gasteiger partial charge in [-0.2, -0.15) is 13.2 Å². The van der Waals surface area contributed by atoms with Crippen LogP contribution in [0, 0.1) is 0 Å². The third-order valence-electron chi connectivity index (χ3n) is 6.63. The molecule has 13 heteroatoms. The van der Waals surface area contributed by atoms with Gasteiger partial charge in [0.05, 0.1) is 16.1 Å². The van der Waals surface area contributed by atoms with Crippen molar-refractivity contribution in [1.82, 2.24) is 10.2 Å². The minimum atomic E-state index is -4.77. The number of halogens is 5. The van der Waals surface area contributed by atoms with Crippen LogP contribution in [0.5, 0.6) is 0 Å². The molecule has 0 saturated carbocycles. The fraction of sp³-hybridized carbons (Fsp3) is 0.310. The molecule has 0 heterocycles. The van der Waals surface area contributed by atoms with E-state index in [0.29, 0.717) is 22.4 Å². The zero-order valence-electron chi connectivity index (χ0n) is 23.0. The molecule has 0 aliphatic carbocycles. The van der Waals surface area contributed by atoms with Crippen molar-refractivity contribution in [2.75, 3.05) is 10.8 Å². The highest BCUT2D eigenvalue weighted by Gasteiger charge is 2.35. The molecule has 3 aromatic carbocycles. The van der Waals surface area contributed by atoms with Gasteiger partial charge >= 0.3 is 6.18 Å². The van der Waals surface area contributed by atoms with Crippen molar-refractivity contribution in [3.8, 4) is 0 Å². The Balaban J connectivity index is 2.11. The number of anilines is 1. The Bertz CT molecular complexity index is 1500. The van der Waals surface area contributed by atoms with Gasteiger partial charge in [0.2, 0.25) is 11.8 Å². The molecule has 0 aliphatic rings. The van der Waals surface area contributed by atoms with Gasteiger partial charge in [-0.05, 0) is 62.7 Å². The first kappa shape index (κ1) is 33.2. The molecule has 0 spiro atoms. The lowest BCUT2D eigenvalue weighted by Gasteiger charge is -2.33. The maximum Gasteiger partial charge on any atom is 0.416 e. The van der Waals surface area contributed by atoms with Crippen LogP contribution in [0.1, 0.15) is 38.3 Å². The lowest BCUT2D eigenvalue weighted by atomic mass is 10.1. The minimum Gasteiger partial charge on any atom is -0.352 e. The van der Waals surface area contributed by atoms with Crippen molar-refractivity contribution in [3.05, 3.63) is 94.0 Å². The molecule has 3 rings (SSSR count). The van der Waals surface area contributed by atoms with Crippen molar-refractivity contribution >= 4 is 50.7 Å². The number of benzene rings is 3. The number of amides is 2. The van der Waals surface area contributed by atoms with Crippen LogP contribution in [0.4, 0.5) is 18.9 Å². The number of carbonyl (C=O) groups is 2.